The molecule has 4 nitrogen and oxygen atoms in total. The van der Waals surface area contributed by atoms with Gasteiger partial charge in [0.15, 0.2) is 0 Å². The van der Waals surface area contributed by atoms with E-state index in [4.69, 9.17) is 4.99 Å². The summed E-state index contributed by atoms with van der Waals surface area (Å²) in [5, 5.41) is 0. The summed E-state index contributed by atoms with van der Waals surface area (Å²) >= 11 is 0. The predicted octanol–water partition coefficient (Wildman–Crippen LogP) is 4.03. The second kappa shape index (κ2) is 6.24. The summed E-state index contributed by atoms with van der Waals surface area (Å²) in [5.41, 5.74) is 1.42. The predicted molar refractivity (Wildman–Crippen MR) is 104 cm³/mol. The largest absolute Gasteiger partial charge is 0.293 e. The summed E-state index contributed by atoms with van der Waals surface area (Å²) < 4.78 is 0. The van der Waals surface area contributed by atoms with Crippen molar-refractivity contribution in [2.24, 2.45) is 10.4 Å². The van der Waals surface area contributed by atoms with Crippen LogP contribution in [0.1, 0.15) is 53.0 Å². The molecule has 0 saturated carbocycles. The van der Waals surface area contributed by atoms with E-state index in [0.717, 1.165) is 24.6 Å². The Kier molecular flexibility index (Phi) is 4.52. The Morgan fingerprint density at radius 2 is 1.64 bits per heavy atom. The quantitative estimate of drug-likeness (QED) is 0.814. The highest BCUT2D eigenvalue weighted by Crippen LogP contribution is 2.41. The number of likely N-dealkylation sites (tertiary alicyclic amines) is 1. The Bertz CT molecular complexity index is 676. The number of benzene rings is 1. The van der Waals surface area contributed by atoms with Gasteiger partial charge < -0.3 is 0 Å². The molecule has 1 atom stereocenters. The van der Waals surface area contributed by atoms with Gasteiger partial charge in [-0.05, 0) is 79.6 Å². The van der Waals surface area contributed by atoms with Crippen LogP contribution in [0.25, 0.3) is 0 Å². The van der Waals surface area contributed by atoms with Crippen molar-refractivity contribution >= 4 is 17.4 Å². The Labute approximate surface area is 151 Å². The lowest BCUT2D eigenvalue weighted by atomic mass is 9.85. The van der Waals surface area contributed by atoms with Gasteiger partial charge in [-0.1, -0.05) is 17.7 Å². The zero-order chi connectivity index (χ0) is 18.4. The first-order valence-electron chi connectivity index (χ1n) is 9.36. The highest BCUT2D eigenvalue weighted by molar-refractivity contribution is 6.27. The Morgan fingerprint density at radius 1 is 1.08 bits per heavy atom. The van der Waals surface area contributed by atoms with Crippen molar-refractivity contribution in [1.29, 1.82) is 0 Å². The van der Waals surface area contributed by atoms with Crippen molar-refractivity contribution in [2.75, 3.05) is 18.0 Å². The van der Waals surface area contributed by atoms with Crippen molar-refractivity contribution in [3.8, 4) is 0 Å². The van der Waals surface area contributed by atoms with Crippen molar-refractivity contribution in [3.63, 3.8) is 0 Å². The summed E-state index contributed by atoms with van der Waals surface area (Å²) in [5.74, 6) is 1.06. The van der Waals surface area contributed by atoms with Crippen molar-refractivity contribution in [3.05, 3.63) is 29.8 Å². The standard InChI is InChI=1S/C21H31N3O/c1-15-9-11-16(12-10-15)24-18(22-20(2,3)4)17(21(5,6)19(24)25)23-13-7-8-14-23/h9-12,17H,7-8,13-14H2,1-6H3. The van der Waals surface area contributed by atoms with E-state index in [1.165, 1.54) is 18.4 Å². The van der Waals surface area contributed by atoms with Crippen molar-refractivity contribution in [2.45, 2.75) is 66.0 Å². The van der Waals surface area contributed by atoms with Gasteiger partial charge in [0, 0.05) is 0 Å². The molecule has 0 aromatic heterocycles. The van der Waals surface area contributed by atoms with Crippen LogP contribution in [0.4, 0.5) is 5.69 Å². The summed E-state index contributed by atoms with van der Waals surface area (Å²) in [6, 6.07) is 8.24. The Hall–Kier alpha value is -1.68. The van der Waals surface area contributed by atoms with Crippen LogP contribution in [-0.4, -0.2) is 41.3 Å². The maximum absolute atomic E-state index is 13.4. The minimum absolute atomic E-state index is 0.0445. The van der Waals surface area contributed by atoms with Gasteiger partial charge in [-0.25, -0.2) is 0 Å². The Balaban J connectivity index is 2.13. The van der Waals surface area contributed by atoms with Crippen LogP contribution in [0, 0.1) is 12.3 Å². The number of carbonyl (C=O) groups is 1. The number of carbonyl (C=O) groups excluding carboxylic acids is 1. The van der Waals surface area contributed by atoms with Crippen LogP contribution in [0.3, 0.4) is 0 Å². The molecule has 2 aliphatic rings. The Morgan fingerprint density at radius 3 is 2.16 bits per heavy atom. The number of rotatable bonds is 2. The van der Waals surface area contributed by atoms with Crippen LogP contribution in [0.15, 0.2) is 29.3 Å². The number of amides is 1. The van der Waals surface area contributed by atoms with Gasteiger partial charge in [-0.3, -0.25) is 19.6 Å². The first kappa shape index (κ1) is 18.1. The van der Waals surface area contributed by atoms with E-state index in [0.29, 0.717) is 0 Å². The zero-order valence-corrected chi connectivity index (χ0v) is 16.5. The topological polar surface area (TPSA) is 35.9 Å². The van der Waals surface area contributed by atoms with Gasteiger partial charge in [0.2, 0.25) is 5.91 Å². The maximum Gasteiger partial charge on any atom is 0.240 e. The van der Waals surface area contributed by atoms with Crippen molar-refractivity contribution in [1.82, 2.24) is 4.90 Å². The lowest BCUT2D eigenvalue weighted by Crippen LogP contribution is -2.47. The third kappa shape index (κ3) is 3.37. The molecule has 0 N–H and O–H groups in total. The monoisotopic (exact) mass is 341 g/mol. The molecule has 1 aromatic rings. The van der Waals surface area contributed by atoms with E-state index in [-0.39, 0.29) is 17.5 Å². The normalized spacial score (nSPS) is 26.0. The van der Waals surface area contributed by atoms with Crippen LogP contribution in [-0.2, 0) is 4.79 Å². The zero-order valence-electron chi connectivity index (χ0n) is 16.5. The second-order valence-corrected chi connectivity index (χ2v) is 8.98. The molecule has 0 spiro atoms. The molecule has 0 aliphatic carbocycles. The van der Waals surface area contributed by atoms with E-state index in [1.54, 1.807) is 0 Å². The van der Waals surface area contributed by atoms with Crippen molar-refractivity contribution < 1.29 is 4.79 Å². The number of hydrogen-bond donors (Lipinski definition) is 0. The highest BCUT2D eigenvalue weighted by Gasteiger charge is 2.55. The van der Waals surface area contributed by atoms with Gasteiger partial charge >= 0.3 is 0 Å². The van der Waals surface area contributed by atoms with Gasteiger partial charge in [0.05, 0.1) is 22.7 Å². The van der Waals surface area contributed by atoms with Crippen LogP contribution in [0.5, 0.6) is 0 Å². The highest BCUT2D eigenvalue weighted by atomic mass is 16.2. The minimum atomic E-state index is -0.473. The van der Waals surface area contributed by atoms with Gasteiger partial charge in [0.25, 0.3) is 0 Å². The van der Waals surface area contributed by atoms with Gasteiger partial charge in [0.1, 0.15) is 5.84 Å². The lowest BCUT2D eigenvalue weighted by Gasteiger charge is -2.32. The van der Waals surface area contributed by atoms with E-state index < -0.39 is 5.41 Å². The molecular formula is C21H31N3O. The van der Waals surface area contributed by atoms with E-state index in [9.17, 15) is 4.79 Å². The molecule has 1 unspecified atom stereocenters. The molecule has 2 heterocycles. The van der Waals surface area contributed by atoms with E-state index >= 15 is 0 Å². The number of anilines is 1. The molecule has 0 bridgehead atoms. The molecular weight excluding hydrogens is 310 g/mol. The lowest BCUT2D eigenvalue weighted by molar-refractivity contribution is -0.125. The fourth-order valence-electron chi connectivity index (χ4n) is 3.97. The molecule has 2 fully saturated rings. The number of nitrogens with zero attached hydrogens (tertiary/aromatic N) is 3. The van der Waals surface area contributed by atoms with E-state index in [2.05, 4.69) is 58.6 Å². The van der Waals surface area contributed by atoms with Crippen LogP contribution in [0.2, 0.25) is 0 Å². The molecule has 25 heavy (non-hydrogen) atoms. The van der Waals surface area contributed by atoms with Gasteiger partial charge in [-0.15, -0.1) is 0 Å². The molecule has 1 aromatic carbocycles. The molecule has 3 rings (SSSR count). The molecule has 136 valence electrons. The van der Waals surface area contributed by atoms with Gasteiger partial charge in [-0.2, -0.15) is 0 Å². The SMILES string of the molecule is Cc1ccc(N2C(=O)C(C)(C)C(N3CCCC3)C2=NC(C)(C)C)cc1. The van der Waals surface area contributed by atoms with Crippen LogP contribution < -0.4 is 4.90 Å². The molecule has 1 amide bonds. The number of amidine groups is 1. The summed E-state index contributed by atoms with van der Waals surface area (Å²) in [4.78, 5) is 22.8. The molecule has 0 radical (unpaired) electrons. The average Bonchev–Trinajstić information content (AvgIpc) is 3.06. The molecule has 4 heteroatoms. The maximum atomic E-state index is 13.4. The third-order valence-corrected chi connectivity index (χ3v) is 5.16. The first-order chi connectivity index (χ1) is 11.6. The second-order valence-electron chi connectivity index (χ2n) is 8.98. The van der Waals surface area contributed by atoms with E-state index in [1.807, 2.05) is 17.0 Å². The fraction of sp³-hybridized carbons (Fsp3) is 0.619. The average molecular weight is 341 g/mol. The number of aliphatic imine (C=N–C) groups is 1. The summed E-state index contributed by atoms with van der Waals surface area (Å²) in [7, 11) is 0. The smallest absolute Gasteiger partial charge is 0.240 e. The fourth-order valence-corrected chi connectivity index (χ4v) is 3.97. The minimum Gasteiger partial charge on any atom is -0.293 e. The summed E-state index contributed by atoms with van der Waals surface area (Å²) in [6.45, 7) is 14.6. The third-order valence-electron chi connectivity index (χ3n) is 5.16. The first-order valence-corrected chi connectivity index (χ1v) is 9.36. The number of aryl methyl sites for hydroxylation is 1. The number of hydrogen-bond acceptors (Lipinski definition) is 3. The molecule has 2 aliphatic heterocycles. The summed E-state index contributed by atoms with van der Waals surface area (Å²) in [6.07, 6.45) is 2.40. The van der Waals surface area contributed by atoms with Crippen LogP contribution >= 0.6 is 0 Å². The molecule has 2 saturated heterocycles.